The first-order valence-corrected chi connectivity index (χ1v) is 5.91. The van der Waals surface area contributed by atoms with Crippen molar-refractivity contribution in [1.82, 2.24) is 5.32 Å². The molecule has 0 amide bonds. The molecule has 0 aromatic rings. The van der Waals surface area contributed by atoms with Gasteiger partial charge in [0.05, 0.1) is 0 Å². The Labute approximate surface area is 82.3 Å². The summed E-state index contributed by atoms with van der Waals surface area (Å²) in [6.07, 6.45) is 7.30. The fraction of sp³-hybridized carbons (Fsp3) is 1.00. The Morgan fingerprint density at radius 2 is 2.00 bits per heavy atom. The first kappa shape index (κ1) is 9.51. The molecule has 1 nitrogen and oxygen atoms in total. The predicted molar refractivity (Wildman–Crippen MR) is 56.7 cm³/mol. The van der Waals surface area contributed by atoms with Crippen LogP contribution in [0.1, 0.15) is 46.0 Å². The Morgan fingerprint density at radius 3 is 2.62 bits per heavy atom. The van der Waals surface area contributed by atoms with Gasteiger partial charge in [-0.05, 0) is 49.6 Å². The summed E-state index contributed by atoms with van der Waals surface area (Å²) in [5, 5.41) is 3.51. The van der Waals surface area contributed by atoms with Gasteiger partial charge in [0.25, 0.3) is 0 Å². The molecule has 0 aromatic heterocycles. The van der Waals surface area contributed by atoms with E-state index >= 15 is 0 Å². The van der Waals surface area contributed by atoms with Crippen molar-refractivity contribution in [3.63, 3.8) is 0 Å². The van der Waals surface area contributed by atoms with Gasteiger partial charge in [0.2, 0.25) is 0 Å². The first-order valence-electron chi connectivity index (χ1n) is 5.91. The molecule has 0 radical (unpaired) electrons. The normalized spacial score (nSPS) is 39.2. The second-order valence-corrected chi connectivity index (χ2v) is 5.59. The van der Waals surface area contributed by atoms with Crippen LogP contribution in [0.2, 0.25) is 0 Å². The van der Waals surface area contributed by atoms with Crippen LogP contribution in [0, 0.1) is 17.3 Å². The summed E-state index contributed by atoms with van der Waals surface area (Å²) in [4.78, 5) is 0. The van der Waals surface area contributed by atoms with Crippen LogP contribution in [-0.2, 0) is 0 Å². The minimum Gasteiger partial charge on any atom is -0.316 e. The highest BCUT2D eigenvalue weighted by Crippen LogP contribution is 2.45. The molecule has 1 N–H and O–H groups in total. The molecule has 2 rings (SSSR count). The minimum atomic E-state index is 0.620. The molecule has 0 aromatic carbocycles. The molecule has 76 valence electrons. The molecule has 1 aliphatic heterocycles. The number of nitrogens with one attached hydrogen (secondary N) is 1. The molecule has 1 aliphatic carbocycles. The molecule has 2 unspecified atom stereocenters. The van der Waals surface area contributed by atoms with E-state index in [0.717, 1.165) is 11.8 Å². The lowest BCUT2D eigenvalue weighted by atomic mass is 9.64. The SMILES string of the molecule is CC1(C)CCCCC1C1CCNC1. The lowest BCUT2D eigenvalue weighted by Gasteiger charge is -2.42. The molecule has 13 heavy (non-hydrogen) atoms. The molecule has 1 heteroatoms. The Morgan fingerprint density at radius 1 is 1.15 bits per heavy atom. The number of hydrogen-bond acceptors (Lipinski definition) is 1. The third-order valence-electron chi connectivity index (χ3n) is 4.26. The van der Waals surface area contributed by atoms with E-state index in [1.807, 2.05) is 0 Å². The maximum atomic E-state index is 3.51. The van der Waals surface area contributed by atoms with Crippen molar-refractivity contribution < 1.29 is 0 Å². The zero-order valence-electron chi connectivity index (χ0n) is 9.10. The van der Waals surface area contributed by atoms with Gasteiger partial charge in [0.1, 0.15) is 0 Å². The van der Waals surface area contributed by atoms with E-state index in [-0.39, 0.29) is 0 Å². The minimum absolute atomic E-state index is 0.620. The van der Waals surface area contributed by atoms with E-state index < -0.39 is 0 Å². The van der Waals surface area contributed by atoms with E-state index in [1.165, 1.54) is 45.2 Å². The molecule has 2 aliphatic rings. The molecule has 0 bridgehead atoms. The summed E-state index contributed by atoms with van der Waals surface area (Å²) in [5.41, 5.74) is 0.620. The molecule has 1 saturated heterocycles. The highest BCUT2D eigenvalue weighted by atomic mass is 14.9. The van der Waals surface area contributed by atoms with Crippen molar-refractivity contribution in [1.29, 1.82) is 0 Å². The fourth-order valence-electron chi connectivity index (χ4n) is 3.42. The average Bonchev–Trinajstić information content (AvgIpc) is 2.55. The monoisotopic (exact) mass is 181 g/mol. The van der Waals surface area contributed by atoms with E-state index in [0.29, 0.717) is 5.41 Å². The summed E-state index contributed by atoms with van der Waals surface area (Å²) in [6.45, 7) is 7.51. The standard InChI is InChI=1S/C12H23N/c1-12(2)7-4-3-5-11(12)10-6-8-13-9-10/h10-11,13H,3-9H2,1-2H3. The van der Waals surface area contributed by atoms with Crippen LogP contribution >= 0.6 is 0 Å². The van der Waals surface area contributed by atoms with Gasteiger partial charge in [-0.3, -0.25) is 0 Å². The molecule has 2 fully saturated rings. The molecule has 0 spiro atoms. The molecule has 1 heterocycles. The van der Waals surface area contributed by atoms with E-state index in [4.69, 9.17) is 0 Å². The average molecular weight is 181 g/mol. The van der Waals surface area contributed by atoms with Crippen LogP contribution in [0.3, 0.4) is 0 Å². The predicted octanol–water partition coefficient (Wildman–Crippen LogP) is 2.81. The van der Waals surface area contributed by atoms with Gasteiger partial charge in [-0.1, -0.05) is 26.7 Å². The van der Waals surface area contributed by atoms with Crippen molar-refractivity contribution in [3.8, 4) is 0 Å². The topological polar surface area (TPSA) is 12.0 Å². The number of hydrogen-bond donors (Lipinski definition) is 1. The Kier molecular flexibility index (Phi) is 2.64. The number of rotatable bonds is 1. The molecular formula is C12H23N. The van der Waals surface area contributed by atoms with Gasteiger partial charge < -0.3 is 5.32 Å². The van der Waals surface area contributed by atoms with Gasteiger partial charge in [-0.2, -0.15) is 0 Å². The maximum Gasteiger partial charge on any atom is -0.00172 e. The zero-order chi connectivity index (χ0) is 9.31. The van der Waals surface area contributed by atoms with Crippen molar-refractivity contribution in [2.24, 2.45) is 17.3 Å². The lowest BCUT2D eigenvalue weighted by molar-refractivity contribution is 0.0888. The summed E-state index contributed by atoms with van der Waals surface area (Å²) in [5.74, 6) is 1.98. The van der Waals surface area contributed by atoms with Gasteiger partial charge in [0, 0.05) is 0 Å². The Bertz CT molecular complexity index is 168. The highest BCUT2D eigenvalue weighted by Gasteiger charge is 2.38. The maximum absolute atomic E-state index is 3.51. The van der Waals surface area contributed by atoms with Gasteiger partial charge in [-0.15, -0.1) is 0 Å². The van der Waals surface area contributed by atoms with Crippen LogP contribution in [0.15, 0.2) is 0 Å². The van der Waals surface area contributed by atoms with E-state index in [1.54, 1.807) is 0 Å². The van der Waals surface area contributed by atoms with Crippen LogP contribution in [0.4, 0.5) is 0 Å². The Balaban J connectivity index is 2.02. The largest absolute Gasteiger partial charge is 0.316 e. The van der Waals surface area contributed by atoms with Crippen LogP contribution in [-0.4, -0.2) is 13.1 Å². The van der Waals surface area contributed by atoms with E-state index in [9.17, 15) is 0 Å². The van der Waals surface area contributed by atoms with Crippen molar-refractivity contribution in [2.75, 3.05) is 13.1 Å². The van der Waals surface area contributed by atoms with Crippen LogP contribution in [0.5, 0.6) is 0 Å². The third-order valence-corrected chi connectivity index (χ3v) is 4.26. The van der Waals surface area contributed by atoms with Crippen LogP contribution < -0.4 is 5.32 Å². The zero-order valence-corrected chi connectivity index (χ0v) is 9.10. The van der Waals surface area contributed by atoms with Crippen molar-refractivity contribution >= 4 is 0 Å². The molecule has 2 atom stereocenters. The van der Waals surface area contributed by atoms with Gasteiger partial charge >= 0.3 is 0 Å². The highest BCUT2D eigenvalue weighted by molar-refractivity contribution is 4.89. The second-order valence-electron chi connectivity index (χ2n) is 5.59. The molecular weight excluding hydrogens is 158 g/mol. The second kappa shape index (κ2) is 3.61. The smallest absolute Gasteiger partial charge is 0.00172 e. The Hall–Kier alpha value is -0.0400. The fourth-order valence-corrected chi connectivity index (χ4v) is 3.42. The van der Waals surface area contributed by atoms with Crippen molar-refractivity contribution in [2.45, 2.75) is 46.0 Å². The summed E-state index contributed by atoms with van der Waals surface area (Å²) in [6, 6.07) is 0. The van der Waals surface area contributed by atoms with Crippen molar-refractivity contribution in [3.05, 3.63) is 0 Å². The lowest BCUT2D eigenvalue weighted by Crippen LogP contribution is -2.34. The quantitative estimate of drug-likeness (QED) is 0.656. The van der Waals surface area contributed by atoms with Gasteiger partial charge in [0.15, 0.2) is 0 Å². The third kappa shape index (κ3) is 1.90. The van der Waals surface area contributed by atoms with E-state index in [2.05, 4.69) is 19.2 Å². The van der Waals surface area contributed by atoms with Crippen LogP contribution in [0.25, 0.3) is 0 Å². The van der Waals surface area contributed by atoms with Gasteiger partial charge in [-0.25, -0.2) is 0 Å². The molecule has 1 saturated carbocycles. The summed E-state index contributed by atoms with van der Waals surface area (Å²) >= 11 is 0. The first-order chi connectivity index (χ1) is 6.20. The summed E-state index contributed by atoms with van der Waals surface area (Å²) in [7, 11) is 0. The summed E-state index contributed by atoms with van der Waals surface area (Å²) < 4.78 is 0.